The number of hydrogen-bond acceptors (Lipinski definition) is 3. The molecule has 4 heteroatoms. The smallest absolute Gasteiger partial charge is 0.550 e. The molecule has 3 nitrogen and oxygen atoms in total. The molecule has 1 aliphatic carbocycles. The van der Waals surface area contributed by atoms with Crippen LogP contribution in [0.3, 0.4) is 0 Å². The molecule has 2 N–H and O–H groups in total. The van der Waals surface area contributed by atoms with E-state index < -0.39 is 5.97 Å². The second-order valence-electron chi connectivity index (χ2n) is 2.93. The molecule has 0 amide bonds. The van der Waals surface area contributed by atoms with E-state index in [1.54, 1.807) is 0 Å². The van der Waals surface area contributed by atoms with E-state index in [4.69, 9.17) is 5.73 Å². The molecule has 0 heterocycles. The predicted octanol–water partition coefficient (Wildman–Crippen LogP) is -3.74. The summed E-state index contributed by atoms with van der Waals surface area (Å²) in [5.74, 6) is -1.15. The monoisotopic (exact) mass is 181 g/mol. The Hall–Kier alpha value is 1.07. The SMILES string of the molecule is NC1CCC(C(=O)[O-])CC1.[K+]. The van der Waals surface area contributed by atoms with Gasteiger partial charge in [0.2, 0.25) is 0 Å². The van der Waals surface area contributed by atoms with Crippen LogP contribution >= 0.6 is 0 Å². The Morgan fingerprint density at radius 1 is 1.27 bits per heavy atom. The fourth-order valence-electron chi connectivity index (χ4n) is 1.35. The van der Waals surface area contributed by atoms with Gasteiger partial charge in [-0.3, -0.25) is 0 Å². The van der Waals surface area contributed by atoms with Gasteiger partial charge in [-0.25, -0.2) is 0 Å². The second kappa shape index (κ2) is 5.67. The molecule has 1 rings (SSSR count). The average Bonchev–Trinajstić information content (AvgIpc) is 1.88. The molecule has 0 saturated heterocycles. The molecule has 0 bridgehead atoms. The summed E-state index contributed by atoms with van der Waals surface area (Å²) in [6.45, 7) is 0. The van der Waals surface area contributed by atoms with Crippen LogP contribution in [0, 0.1) is 5.92 Å². The number of nitrogens with two attached hydrogens (primary N) is 1. The zero-order chi connectivity index (χ0) is 7.56. The Balaban J connectivity index is 0.000001000. The number of aliphatic carboxylic acids is 1. The van der Waals surface area contributed by atoms with Crippen LogP contribution in [0.5, 0.6) is 0 Å². The number of rotatable bonds is 1. The van der Waals surface area contributed by atoms with E-state index in [2.05, 4.69) is 0 Å². The first-order chi connectivity index (χ1) is 4.70. The quantitative estimate of drug-likeness (QED) is 0.423. The van der Waals surface area contributed by atoms with Gasteiger partial charge in [0.25, 0.3) is 0 Å². The zero-order valence-electron chi connectivity index (χ0n) is 6.88. The molecule has 11 heavy (non-hydrogen) atoms. The molecule has 0 aliphatic heterocycles. The van der Waals surface area contributed by atoms with Gasteiger partial charge in [-0.1, -0.05) is 0 Å². The molecule has 1 saturated carbocycles. The maximum absolute atomic E-state index is 10.3. The van der Waals surface area contributed by atoms with Crippen molar-refractivity contribution in [1.82, 2.24) is 0 Å². The van der Waals surface area contributed by atoms with Crippen molar-refractivity contribution in [3.63, 3.8) is 0 Å². The summed E-state index contributed by atoms with van der Waals surface area (Å²) in [6.07, 6.45) is 3.06. The Kier molecular flexibility index (Phi) is 6.22. The molecule has 1 aliphatic rings. The van der Waals surface area contributed by atoms with Crippen LogP contribution in [0.25, 0.3) is 0 Å². The van der Waals surface area contributed by atoms with Gasteiger partial charge in [-0.15, -0.1) is 0 Å². The van der Waals surface area contributed by atoms with E-state index in [9.17, 15) is 9.90 Å². The molecule has 0 aromatic heterocycles. The summed E-state index contributed by atoms with van der Waals surface area (Å²) >= 11 is 0. The Labute approximate surface area is 109 Å². The van der Waals surface area contributed by atoms with Gasteiger partial charge in [-0.05, 0) is 31.6 Å². The van der Waals surface area contributed by atoms with Gasteiger partial charge >= 0.3 is 51.4 Å². The van der Waals surface area contributed by atoms with Gasteiger partial charge in [0.15, 0.2) is 0 Å². The number of hydrogen-bond donors (Lipinski definition) is 1. The van der Waals surface area contributed by atoms with Gasteiger partial charge < -0.3 is 15.6 Å². The van der Waals surface area contributed by atoms with Crippen molar-refractivity contribution in [3.8, 4) is 0 Å². The van der Waals surface area contributed by atoms with Crippen molar-refractivity contribution in [3.05, 3.63) is 0 Å². The molecule has 0 atom stereocenters. The topological polar surface area (TPSA) is 66.2 Å². The van der Waals surface area contributed by atoms with E-state index in [0.717, 1.165) is 12.8 Å². The maximum atomic E-state index is 10.3. The van der Waals surface area contributed by atoms with E-state index in [1.807, 2.05) is 0 Å². The largest absolute Gasteiger partial charge is 1.00 e. The molecule has 0 radical (unpaired) electrons. The molecule has 1 fully saturated rings. The fourth-order valence-corrected chi connectivity index (χ4v) is 1.35. The minimum atomic E-state index is -0.910. The van der Waals surface area contributed by atoms with Crippen molar-refractivity contribution in [2.75, 3.05) is 0 Å². The first kappa shape index (κ1) is 12.1. The predicted molar refractivity (Wildman–Crippen MR) is 34.9 cm³/mol. The number of carboxylic acid groups (broad SMARTS) is 1. The van der Waals surface area contributed by atoms with Crippen LogP contribution in [0.1, 0.15) is 25.7 Å². The second-order valence-corrected chi connectivity index (χ2v) is 2.93. The minimum Gasteiger partial charge on any atom is -0.550 e. The maximum Gasteiger partial charge on any atom is 1.00 e. The van der Waals surface area contributed by atoms with Crippen molar-refractivity contribution in [1.29, 1.82) is 0 Å². The van der Waals surface area contributed by atoms with Crippen molar-refractivity contribution < 1.29 is 61.3 Å². The molecular formula is C7H12KNO2. The Morgan fingerprint density at radius 2 is 1.73 bits per heavy atom. The number of carboxylic acids is 1. The Morgan fingerprint density at radius 3 is 2.09 bits per heavy atom. The van der Waals surface area contributed by atoms with Crippen LogP contribution in [0.2, 0.25) is 0 Å². The van der Waals surface area contributed by atoms with E-state index >= 15 is 0 Å². The molecule has 0 spiro atoms. The summed E-state index contributed by atoms with van der Waals surface area (Å²) in [4.78, 5) is 10.3. The molecule has 58 valence electrons. The summed E-state index contributed by atoms with van der Waals surface area (Å²) in [7, 11) is 0. The molecule has 0 unspecified atom stereocenters. The summed E-state index contributed by atoms with van der Waals surface area (Å²) in [5.41, 5.74) is 5.58. The van der Waals surface area contributed by atoms with E-state index in [0.29, 0.717) is 12.8 Å². The normalized spacial score (nSPS) is 30.6. The summed E-state index contributed by atoms with van der Waals surface area (Å²) < 4.78 is 0. The third-order valence-corrected chi connectivity index (χ3v) is 2.11. The number of carbonyl (C=O) groups is 1. The fraction of sp³-hybridized carbons (Fsp3) is 0.857. The van der Waals surface area contributed by atoms with Crippen LogP contribution in [0.4, 0.5) is 0 Å². The summed E-state index contributed by atoms with van der Waals surface area (Å²) in [5, 5.41) is 10.3. The van der Waals surface area contributed by atoms with Gasteiger partial charge in [-0.2, -0.15) is 0 Å². The van der Waals surface area contributed by atoms with Gasteiger partial charge in [0.1, 0.15) is 0 Å². The number of carbonyl (C=O) groups excluding carboxylic acids is 1. The van der Waals surface area contributed by atoms with Crippen LogP contribution < -0.4 is 62.2 Å². The van der Waals surface area contributed by atoms with Crippen molar-refractivity contribution in [2.24, 2.45) is 11.7 Å². The van der Waals surface area contributed by atoms with Crippen molar-refractivity contribution >= 4 is 5.97 Å². The molecule has 0 aromatic rings. The molecule has 0 aromatic carbocycles. The van der Waals surface area contributed by atoms with Crippen LogP contribution in [-0.4, -0.2) is 12.0 Å². The third kappa shape index (κ3) is 4.01. The van der Waals surface area contributed by atoms with E-state index in [-0.39, 0.29) is 63.3 Å². The third-order valence-electron chi connectivity index (χ3n) is 2.11. The van der Waals surface area contributed by atoms with Crippen LogP contribution in [-0.2, 0) is 4.79 Å². The molecular weight excluding hydrogens is 169 g/mol. The first-order valence-electron chi connectivity index (χ1n) is 3.66. The minimum absolute atomic E-state index is 0. The average molecular weight is 181 g/mol. The Bertz CT molecular complexity index is 132. The van der Waals surface area contributed by atoms with Gasteiger partial charge in [0, 0.05) is 12.0 Å². The zero-order valence-corrected chi connectivity index (χ0v) is 10.0. The van der Waals surface area contributed by atoms with Crippen molar-refractivity contribution in [2.45, 2.75) is 31.7 Å². The van der Waals surface area contributed by atoms with E-state index in [1.165, 1.54) is 0 Å². The van der Waals surface area contributed by atoms with Gasteiger partial charge in [0.05, 0.1) is 0 Å². The first-order valence-corrected chi connectivity index (χ1v) is 3.66. The standard InChI is InChI=1S/C7H13NO2.K/c8-6-3-1-5(2-4-6)7(9)10;/h5-6H,1-4,8H2,(H,9,10);/q;+1/p-1. The summed E-state index contributed by atoms with van der Waals surface area (Å²) in [6, 6.07) is 0.218. The van der Waals surface area contributed by atoms with Crippen LogP contribution in [0.15, 0.2) is 0 Å².